The summed E-state index contributed by atoms with van der Waals surface area (Å²) in [4.78, 5) is 0. The molecule has 108 valence electrons. The van der Waals surface area contributed by atoms with Crippen LogP contribution in [0.5, 0.6) is 0 Å². The van der Waals surface area contributed by atoms with E-state index >= 15 is 0 Å². The van der Waals surface area contributed by atoms with Gasteiger partial charge >= 0.3 is 0 Å². The Bertz CT molecular complexity index is 398. The predicted octanol–water partition coefficient (Wildman–Crippen LogP) is 3.42. The second kappa shape index (κ2) is 5.94. The van der Waals surface area contributed by atoms with Crippen LogP contribution in [0.25, 0.3) is 0 Å². The molecular weight excluding hydrogens is 252 g/mol. The molecule has 1 aromatic rings. The third-order valence-corrected chi connectivity index (χ3v) is 3.59. The number of rotatable bonds is 5. The number of nitrogens with one attached hydrogen (secondary N) is 1. The third-order valence-electron chi connectivity index (χ3n) is 3.59. The van der Waals surface area contributed by atoms with Gasteiger partial charge in [-0.1, -0.05) is 6.92 Å². The van der Waals surface area contributed by atoms with E-state index < -0.39 is 5.92 Å². The molecule has 0 spiro atoms. The molecular formula is C13H21F2N3O. The average molecular weight is 273 g/mol. The molecule has 1 aliphatic rings. The Kier molecular flexibility index (Phi) is 4.50. The van der Waals surface area contributed by atoms with Gasteiger partial charge in [-0.3, -0.25) is 0 Å². The van der Waals surface area contributed by atoms with Crippen LogP contribution >= 0.6 is 0 Å². The fourth-order valence-electron chi connectivity index (χ4n) is 2.32. The van der Waals surface area contributed by atoms with Crippen LogP contribution in [0, 0.1) is 0 Å². The second-order valence-corrected chi connectivity index (χ2v) is 5.28. The van der Waals surface area contributed by atoms with E-state index in [1.165, 1.54) is 0 Å². The van der Waals surface area contributed by atoms with Gasteiger partial charge in [-0.05, 0) is 32.7 Å². The van der Waals surface area contributed by atoms with Crippen molar-refractivity contribution in [1.82, 2.24) is 15.5 Å². The fraction of sp³-hybridized carbons (Fsp3) is 0.846. The van der Waals surface area contributed by atoms with Gasteiger partial charge in [-0.25, -0.2) is 8.78 Å². The highest BCUT2D eigenvalue weighted by atomic mass is 19.3. The first-order valence-electron chi connectivity index (χ1n) is 6.96. The molecule has 1 N–H and O–H groups in total. The summed E-state index contributed by atoms with van der Waals surface area (Å²) in [5.41, 5.74) is 0. The van der Waals surface area contributed by atoms with E-state index in [9.17, 15) is 8.78 Å². The minimum Gasteiger partial charge on any atom is -0.423 e. The highest BCUT2D eigenvalue weighted by molar-refractivity contribution is 4.97. The summed E-state index contributed by atoms with van der Waals surface area (Å²) in [5, 5.41) is 11.3. The van der Waals surface area contributed by atoms with Crippen molar-refractivity contribution in [2.24, 2.45) is 0 Å². The van der Waals surface area contributed by atoms with Gasteiger partial charge < -0.3 is 9.73 Å². The van der Waals surface area contributed by atoms with E-state index in [4.69, 9.17) is 4.42 Å². The molecule has 1 saturated carbocycles. The molecule has 0 aromatic carbocycles. The molecule has 1 fully saturated rings. The number of hydrogen-bond acceptors (Lipinski definition) is 4. The van der Waals surface area contributed by atoms with Gasteiger partial charge in [0.05, 0.1) is 6.04 Å². The van der Waals surface area contributed by atoms with Crippen molar-refractivity contribution < 1.29 is 13.2 Å². The van der Waals surface area contributed by atoms with Crippen LogP contribution in [-0.2, 0) is 0 Å². The van der Waals surface area contributed by atoms with Gasteiger partial charge in [0.15, 0.2) is 0 Å². The first-order chi connectivity index (χ1) is 9.02. The first kappa shape index (κ1) is 14.4. The minimum atomic E-state index is -2.52. The van der Waals surface area contributed by atoms with Crippen LogP contribution in [0.1, 0.15) is 69.7 Å². The number of halogens is 2. The molecule has 0 bridgehead atoms. The Balaban J connectivity index is 1.94. The zero-order valence-corrected chi connectivity index (χ0v) is 11.5. The Morgan fingerprint density at radius 3 is 2.68 bits per heavy atom. The van der Waals surface area contributed by atoms with Crippen molar-refractivity contribution in [2.75, 3.05) is 6.54 Å². The summed E-state index contributed by atoms with van der Waals surface area (Å²) in [5.74, 6) is -1.48. The summed E-state index contributed by atoms with van der Waals surface area (Å²) in [6, 6.07) is 0.00577. The monoisotopic (exact) mass is 273 g/mol. The lowest BCUT2D eigenvalue weighted by atomic mass is 9.87. The van der Waals surface area contributed by atoms with Gasteiger partial charge in [0.1, 0.15) is 0 Å². The van der Waals surface area contributed by atoms with Crippen molar-refractivity contribution in [3.05, 3.63) is 11.8 Å². The molecule has 0 radical (unpaired) electrons. The Morgan fingerprint density at radius 2 is 2.05 bits per heavy atom. The smallest absolute Gasteiger partial charge is 0.248 e. The SMILES string of the molecule is CCCNC(C)c1nnc(C2CCC(F)(F)CC2)o1. The lowest BCUT2D eigenvalue weighted by molar-refractivity contribution is -0.0399. The van der Waals surface area contributed by atoms with Crippen LogP contribution in [0.4, 0.5) is 8.78 Å². The minimum absolute atomic E-state index is 0.00577. The zero-order chi connectivity index (χ0) is 13.9. The fourth-order valence-corrected chi connectivity index (χ4v) is 2.32. The number of aromatic nitrogens is 2. The molecule has 1 heterocycles. The standard InChI is InChI=1S/C13H21F2N3O/c1-3-8-16-9(2)11-17-18-12(19-11)10-4-6-13(14,15)7-5-10/h9-10,16H,3-8H2,1-2H3. The Hall–Kier alpha value is -1.04. The van der Waals surface area contributed by atoms with Crippen LogP contribution < -0.4 is 5.32 Å². The van der Waals surface area contributed by atoms with E-state index in [1.807, 2.05) is 6.92 Å². The maximum absolute atomic E-state index is 13.1. The van der Waals surface area contributed by atoms with E-state index in [2.05, 4.69) is 22.4 Å². The molecule has 6 heteroatoms. The molecule has 1 atom stereocenters. The maximum atomic E-state index is 13.1. The molecule has 0 saturated heterocycles. The normalized spacial score (nSPS) is 21.5. The van der Waals surface area contributed by atoms with Gasteiger partial charge in [-0.15, -0.1) is 10.2 Å². The topological polar surface area (TPSA) is 51.0 Å². The van der Waals surface area contributed by atoms with Crippen LogP contribution in [0.3, 0.4) is 0 Å². The lowest BCUT2D eigenvalue weighted by Crippen LogP contribution is -2.23. The number of alkyl halides is 2. The van der Waals surface area contributed by atoms with Gasteiger partial charge in [0, 0.05) is 18.8 Å². The Labute approximate surface area is 112 Å². The van der Waals surface area contributed by atoms with E-state index in [-0.39, 0.29) is 24.8 Å². The van der Waals surface area contributed by atoms with E-state index in [1.54, 1.807) is 0 Å². The van der Waals surface area contributed by atoms with Gasteiger partial charge in [0.25, 0.3) is 0 Å². The quantitative estimate of drug-likeness (QED) is 0.893. The lowest BCUT2D eigenvalue weighted by Gasteiger charge is -2.25. The molecule has 1 aliphatic carbocycles. The van der Waals surface area contributed by atoms with Crippen molar-refractivity contribution in [3.63, 3.8) is 0 Å². The third kappa shape index (κ3) is 3.72. The van der Waals surface area contributed by atoms with Crippen LogP contribution in [0.2, 0.25) is 0 Å². The molecule has 0 aliphatic heterocycles. The van der Waals surface area contributed by atoms with Crippen molar-refractivity contribution >= 4 is 0 Å². The summed E-state index contributed by atoms with van der Waals surface area (Å²) < 4.78 is 31.8. The van der Waals surface area contributed by atoms with Gasteiger partial charge in [-0.2, -0.15) is 0 Å². The maximum Gasteiger partial charge on any atom is 0.248 e. The first-order valence-corrected chi connectivity index (χ1v) is 6.96. The van der Waals surface area contributed by atoms with Crippen molar-refractivity contribution in [1.29, 1.82) is 0 Å². The van der Waals surface area contributed by atoms with Crippen LogP contribution in [-0.4, -0.2) is 22.7 Å². The zero-order valence-electron chi connectivity index (χ0n) is 11.5. The number of nitrogens with zero attached hydrogens (tertiary/aromatic N) is 2. The summed E-state index contributed by atoms with van der Waals surface area (Å²) in [6.07, 6.45) is 1.71. The number of hydrogen-bond donors (Lipinski definition) is 1. The van der Waals surface area contributed by atoms with E-state index in [0.29, 0.717) is 24.6 Å². The average Bonchev–Trinajstić information content (AvgIpc) is 2.85. The molecule has 19 heavy (non-hydrogen) atoms. The van der Waals surface area contributed by atoms with Gasteiger partial charge in [0.2, 0.25) is 17.7 Å². The van der Waals surface area contributed by atoms with Crippen LogP contribution in [0.15, 0.2) is 4.42 Å². The largest absolute Gasteiger partial charge is 0.423 e. The summed E-state index contributed by atoms with van der Waals surface area (Å²) in [6.45, 7) is 4.93. The second-order valence-electron chi connectivity index (χ2n) is 5.28. The summed E-state index contributed by atoms with van der Waals surface area (Å²) in [7, 11) is 0. The molecule has 2 rings (SSSR count). The summed E-state index contributed by atoms with van der Waals surface area (Å²) >= 11 is 0. The predicted molar refractivity (Wildman–Crippen MR) is 67.2 cm³/mol. The molecule has 4 nitrogen and oxygen atoms in total. The van der Waals surface area contributed by atoms with E-state index in [0.717, 1.165) is 13.0 Å². The van der Waals surface area contributed by atoms with Crippen molar-refractivity contribution in [3.8, 4) is 0 Å². The molecule has 1 aromatic heterocycles. The Morgan fingerprint density at radius 1 is 1.37 bits per heavy atom. The molecule has 0 amide bonds. The molecule has 1 unspecified atom stereocenters. The van der Waals surface area contributed by atoms with Crippen molar-refractivity contribution in [2.45, 2.75) is 63.8 Å². The highest BCUT2D eigenvalue weighted by Gasteiger charge is 2.37. The highest BCUT2D eigenvalue weighted by Crippen LogP contribution is 2.40.